The third-order valence-corrected chi connectivity index (χ3v) is 3.60. The van der Waals surface area contributed by atoms with E-state index in [-0.39, 0.29) is 12.3 Å². The molecular formula is C15H13ClFN3O3. The van der Waals surface area contributed by atoms with E-state index in [0.717, 1.165) is 0 Å². The molecule has 0 bridgehead atoms. The maximum absolute atomic E-state index is 13.5. The van der Waals surface area contributed by atoms with Gasteiger partial charge in [-0.2, -0.15) is 0 Å². The van der Waals surface area contributed by atoms with Gasteiger partial charge in [0.15, 0.2) is 0 Å². The van der Waals surface area contributed by atoms with Crippen LogP contribution in [0.3, 0.4) is 0 Å². The Morgan fingerprint density at radius 3 is 3.00 bits per heavy atom. The number of fused-ring (bicyclic) bond motifs is 1. The number of aromatic nitrogens is 2. The molecule has 8 heteroatoms. The van der Waals surface area contributed by atoms with E-state index >= 15 is 0 Å². The number of hydrogen-bond donors (Lipinski definition) is 0. The summed E-state index contributed by atoms with van der Waals surface area (Å²) in [5.74, 6) is -0.679. The van der Waals surface area contributed by atoms with E-state index in [1.807, 2.05) is 4.90 Å². The number of benzene rings is 1. The molecule has 1 atom stereocenters. The summed E-state index contributed by atoms with van der Waals surface area (Å²) in [4.78, 5) is 21.8. The molecule has 0 N–H and O–H groups in total. The minimum atomic E-state index is -0.838. The number of halogens is 2. The van der Waals surface area contributed by atoms with Gasteiger partial charge in [0.05, 0.1) is 44.0 Å². The van der Waals surface area contributed by atoms with Gasteiger partial charge in [-0.15, -0.1) is 0 Å². The molecule has 0 aliphatic carbocycles. The van der Waals surface area contributed by atoms with Crippen LogP contribution in [0, 0.1) is 5.82 Å². The first-order valence-corrected chi connectivity index (χ1v) is 7.20. The average molecular weight is 338 g/mol. The van der Waals surface area contributed by atoms with Crippen molar-refractivity contribution in [2.24, 2.45) is 0 Å². The highest BCUT2D eigenvalue weighted by Gasteiger charge is 2.32. The third-order valence-electron chi connectivity index (χ3n) is 3.41. The van der Waals surface area contributed by atoms with Crippen LogP contribution in [0.15, 0.2) is 30.6 Å². The first kappa shape index (κ1) is 15.5. The summed E-state index contributed by atoms with van der Waals surface area (Å²) in [6.45, 7) is 0.634. The highest BCUT2D eigenvalue weighted by Crippen LogP contribution is 2.35. The van der Waals surface area contributed by atoms with Crippen LogP contribution < -0.4 is 9.64 Å². The van der Waals surface area contributed by atoms with Crippen molar-refractivity contribution in [1.82, 2.24) is 9.97 Å². The van der Waals surface area contributed by atoms with Gasteiger partial charge in [-0.3, -0.25) is 4.98 Å². The van der Waals surface area contributed by atoms with Gasteiger partial charge in [0.2, 0.25) is 6.10 Å². The normalized spacial score (nSPS) is 16.5. The van der Waals surface area contributed by atoms with Gasteiger partial charge in [-0.25, -0.2) is 14.2 Å². The second-order valence-corrected chi connectivity index (χ2v) is 5.34. The number of carbonyl (C=O) groups is 1. The number of esters is 1. The zero-order chi connectivity index (χ0) is 16.4. The lowest BCUT2D eigenvalue weighted by Gasteiger charge is -2.34. The van der Waals surface area contributed by atoms with Gasteiger partial charge in [-0.05, 0) is 12.1 Å². The molecule has 0 saturated heterocycles. The molecule has 23 heavy (non-hydrogen) atoms. The SMILES string of the molecule is COC(=O)C1CN(Cc2cnc(Cl)cn2)c2ccc(F)cc2O1. The Labute approximate surface area is 136 Å². The van der Waals surface area contributed by atoms with Crippen LogP contribution in [0.1, 0.15) is 5.69 Å². The number of methoxy groups -OCH3 is 1. The Kier molecular flexibility index (Phi) is 4.29. The minimum absolute atomic E-state index is 0.260. The maximum atomic E-state index is 13.5. The van der Waals surface area contributed by atoms with Crippen molar-refractivity contribution in [3.8, 4) is 5.75 Å². The molecule has 2 heterocycles. The van der Waals surface area contributed by atoms with Crippen molar-refractivity contribution in [2.45, 2.75) is 12.6 Å². The molecule has 1 aliphatic rings. The summed E-state index contributed by atoms with van der Waals surface area (Å²) in [6.07, 6.45) is 2.16. The summed E-state index contributed by atoms with van der Waals surface area (Å²) in [5.41, 5.74) is 1.33. The van der Waals surface area contributed by atoms with E-state index in [9.17, 15) is 9.18 Å². The Balaban J connectivity index is 1.91. The van der Waals surface area contributed by atoms with Crippen LogP contribution >= 0.6 is 11.6 Å². The number of hydrogen-bond acceptors (Lipinski definition) is 6. The van der Waals surface area contributed by atoms with Gasteiger partial charge >= 0.3 is 5.97 Å². The quantitative estimate of drug-likeness (QED) is 0.800. The van der Waals surface area contributed by atoms with E-state index in [2.05, 4.69) is 9.97 Å². The van der Waals surface area contributed by atoms with Gasteiger partial charge in [-0.1, -0.05) is 11.6 Å². The van der Waals surface area contributed by atoms with E-state index in [1.165, 1.54) is 25.4 Å². The summed E-state index contributed by atoms with van der Waals surface area (Å²) >= 11 is 5.73. The maximum Gasteiger partial charge on any atom is 0.348 e. The van der Waals surface area contributed by atoms with Gasteiger partial charge in [0, 0.05) is 6.07 Å². The van der Waals surface area contributed by atoms with Gasteiger partial charge in [0.25, 0.3) is 0 Å². The molecule has 0 amide bonds. The van der Waals surface area contributed by atoms with Gasteiger partial charge in [0.1, 0.15) is 16.7 Å². The lowest BCUT2D eigenvalue weighted by atomic mass is 10.1. The van der Waals surface area contributed by atoms with Crippen molar-refractivity contribution in [3.63, 3.8) is 0 Å². The summed E-state index contributed by atoms with van der Waals surface area (Å²) in [7, 11) is 1.28. The number of nitrogens with zero attached hydrogens (tertiary/aromatic N) is 3. The molecule has 3 rings (SSSR count). The molecule has 2 aromatic rings. The monoisotopic (exact) mass is 337 g/mol. The number of anilines is 1. The molecule has 6 nitrogen and oxygen atoms in total. The summed E-state index contributed by atoms with van der Waals surface area (Å²) < 4.78 is 23.7. The fraction of sp³-hybridized carbons (Fsp3) is 0.267. The van der Waals surface area contributed by atoms with Gasteiger partial charge < -0.3 is 14.4 Å². The number of rotatable bonds is 3. The van der Waals surface area contributed by atoms with Crippen LogP contribution in [0.5, 0.6) is 5.75 Å². The lowest BCUT2D eigenvalue weighted by molar-refractivity contribution is -0.148. The van der Waals surface area contributed by atoms with Crippen LogP contribution in [0.25, 0.3) is 0 Å². The van der Waals surface area contributed by atoms with Crippen LogP contribution in [0.2, 0.25) is 5.15 Å². The fourth-order valence-corrected chi connectivity index (χ4v) is 2.45. The zero-order valence-electron chi connectivity index (χ0n) is 12.2. The molecule has 0 fully saturated rings. The molecule has 1 aromatic heterocycles. The van der Waals surface area contributed by atoms with E-state index in [1.54, 1.807) is 12.3 Å². The molecule has 1 unspecified atom stereocenters. The van der Waals surface area contributed by atoms with Crippen molar-refractivity contribution in [1.29, 1.82) is 0 Å². The molecule has 0 saturated carbocycles. The van der Waals surface area contributed by atoms with E-state index < -0.39 is 17.9 Å². The largest absolute Gasteiger partial charge is 0.475 e. The van der Waals surface area contributed by atoms with Crippen molar-refractivity contribution >= 4 is 23.3 Å². The number of ether oxygens (including phenoxy) is 2. The molecule has 1 aliphatic heterocycles. The van der Waals surface area contributed by atoms with Crippen molar-refractivity contribution < 1.29 is 18.7 Å². The topological polar surface area (TPSA) is 64.5 Å². The average Bonchev–Trinajstić information content (AvgIpc) is 2.55. The highest BCUT2D eigenvalue weighted by molar-refractivity contribution is 6.29. The molecule has 0 spiro atoms. The zero-order valence-corrected chi connectivity index (χ0v) is 13.0. The number of carbonyl (C=O) groups excluding carboxylic acids is 1. The Morgan fingerprint density at radius 2 is 2.30 bits per heavy atom. The Morgan fingerprint density at radius 1 is 1.48 bits per heavy atom. The summed E-state index contributed by atoms with van der Waals surface area (Å²) in [6, 6.07) is 4.17. The van der Waals surface area contributed by atoms with Crippen molar-refractivity contribution in [2.75, 3.05) is 18.6 Å². The molecule has 1 aromatic carbocycles. The smallest absolute Gasteiger partial charge is 0.348 e. The van der Waals surface area contributed by atoms with E-state index in [4.69, 9.17) is 21.1 Å². The standard InChI is InChI=1S/C15H13ClFN3O3/c1-22-15(21)13-8-20(7-10-5-19-14(16)6-18-10)11-3-2-9(17)4-12(11)23-13/h2-6,13H,7-8H2,1H3. The predicted octanol–water partition coefficient (Wildman–Crippen LogP) is 2.21. The predicted molar refractivity (Wildman–Crippen MR) is 80.9 cm³/mol. The highest BCUT2D eigenvalue weighted by atomic mass is 35.5. The Bertz CT molecular complexity index is 726. The van der Waals surface area contributed by atoms with Crippen LogP contribution in [0.4, 0.5) is 10.1 Å². The second-order valence-electron chi connectivity index (χ2n) is 4.95. The van der Waals surface area contributed by atoms with Crippen LogP contribution in [-0.4, -0.2) is 35.7 Å². The van der Waals surface area contributed by atoms with Crippen LogP contribution in [-0.2, 0) is 16.1 Å². The molecular weight excluding hydrogens is 325 g/mol. The van der Waals surface area contributed by atoms with E-state index in [0.29, 0.717) is 23.1 Å². The third kappa shape index (κ3) is 3.34. The molecule has 0 radical (unpaired) electrons. The first-order valence-electron chi connectivity index (χ1n) is 6.82. The second kappa shape index (κ2) is 6.37. The summed E-state index contributed by atoms with van der Waals surface area (Å²) in [5, 5.41) is 0.297. The van der Waals surface area contributed by atoms with Crippen molar-refractivity contribution in [3.05, 3.63) is 47.3 Å². The minimum Gasteiger partial charge on any atom is -0.475 e. The lowest BCUT2D eigenvalue weighted by Crippen LogP contribution is -2.44. The fourth-order valence-electron chi connectivity index (χ4n) is 2.35. The molecule has 120 valence electrons. The Hall–Kier alpha value is -2.41. The first-order chi connectivity index (χ1) is 11.1.